The molecule has 0 heterocycles. The second-order valence-electron chi connectivity index (χ2n) is 2.88. The van der Waals surface area contributed by atoms with Crippen LogP contribution in [0.25, 0.3) is 0 Å². The molecule has 1 rings (SSSR count). The molecule has 0 aliphatic carbocycles. The fraction of sp³-hybridized carbons (Fsp3) is 0.364. The quantitative estimate of drug-likeness (QED) is 0.646. The largest absolute Gasteiger partial charge is 0.321 e. The predicted molar refractivity (Wildman–Crippen MR) is 57.5 cm³/mol. The Morgan fingerprint density at radius 2 is 1.75 bits per heavy atom. The zero-order valence-electron chi connectivity index (χ0n) is 9.14. The van der Waals surface area contributed by atoms with Gasteiger partial charge in [0, 0.05) is 1.43 Å². The van der Waals surface area contributed by atoms with E-state index < -0.39 is 23.5 Å². The Labute approximate surface area is 93.7 Å². The summed E-state index contributed by atoms with van der Waals surface area (Å²) in [5.41, 5.74) is 5.39. The number of rotatable bonds is 3. The number of halogens is 3. The van der Waals surface area contributed by atoms with Gasteiger partial charge in [-0.05, 0) is 24.1 Å². The van der Waals surface area contributed by atoms with Crippen LogP contribution in [0.4, 0.5) is 13.2 Å². The highest BCUT2D eigenvalue weighted by molar-refractivity contribution is 5.57. The second kappa shape index (κ2) is 7.00. The molecule has 2 N–H and O–H groups in total. The molecule has 0 fully saturated rings. The molecule has 0 aliphatic rings. The Morgan fingerprint density at radius 1 is 1.31 bits per heavy atom. The lowest BCUT2D eigenvalue weighted by Gasteiger charge is -2.05. The summed E-state index contributed by atoms with van der Waals surface area (Å²) in [5.74, 6) is -4.08. The van der Waals surface area contributed by atoms with Crippen LogP contribution >= 0.6 is 0 Å². The minimum atomic E-state index is -1.52. The third-order valence-corrected chi connectivity index (χ3v) is 1.69. The van der Waals surface area contributed by atoms with Crippen LogP contribution < -0.4 is 5.73 Å². The fourth-order valence-corrected chi connectivity index (χ4v) is 1.05. The van der Waals surface area contributed by atoms with Gasteiger partial charge in [-0.1, -0.05) is 13.8 Å². The lowest BCUT2D eigenvalue weighted by Crippen LogP contribution is -2.24. The van der Waals surface area contributed by atoms with Gasteiger partial charge in [-0.25, -0.2) is 13.2 Å². The monoisotopic (exact) mass is 235 g/mol. The lowest BCUT2D eigenvalue weighted by atomic mass is 10.1. The normalized spacial score (nSPS) is 11.4. The number of hydrogen-bond donors (Lipinski definition) is 1. The highest BCUT2D eigenvalue weighted by Crippen LogP contribution is 2.14. The molecule has 0 unspecified atom stereocenters. The van der Waals surface area contributed by atoms with Gasteiger partial charge >= 0.3 is 0 Å². The Bertz CT molecular complexity index is 338. The minimum Gasteiger partial charge on any atom is -0.321 e. The van der Waals surface area contributed by atoms with Gasteiger partial charge in [0.25, 0.3) is 0 Å². The number of aldehydes is 1. The van der Waals surface area contributed by atoms with Gasteiger partial charge in [-0.2, -0.15) is 0 Å². The maximum absolute atomic E-state index is 12.7. The molecule has 0 bridgehead atoms. The van der Waals surface area contributed by atoms with Crippen molar-refractivity contribution in [3.8, 4) is 0 Å². The Balaban J connectivity index is 0. The summed E-state index contributed by atoms with van der Waals surface area (Å²) >= 11 is 0. The van der Waals surface area contributed by atoms with Crippen LogP contribution in [-0.4, -0.2) is 12.3 Å². The lowest BCUT2D eigenvalue weighted by molar-refractivity contribution is -0.108. The molecule has 5 heteroatoms. The number of benzene rings is 1. The number of carbonyl (C=O) groups is 1. The smallest absolute Gasteiger partial charge is 0.194 e. The molecule has 0 saturated carbocycles. The molecule has 0 aliphatic heterocycles. The predicted octanol–water partition coefficient (Wildman–Crippen LogP) is 2.44. The van der Waals surface area contributed by atoms with Gasteiger partial charge in [0.2, 0.25) is 0 Å². The second-order valence-corrected chi connectivity index (χ2v) is 2.88. The average Bonchev–Trinajstić information content (AvgIpc) is 2.28. The highest BCUT2D eigenvalue weighted by atomic mass is 19.2. The van der Waals surface area contributed by atoms with Crippen LogP contribution in [0.15, 0.2) is 12.1 Å². The van der Waals surface area contributed by atoms with E-state index in [-0.39, 0.29) is 13.4 Å². The van der Waals surface area contributed by atoms with Crippen LogP contribution in [0, 0.1) is 17.5 Å². The molecular formula is C11H16F3NO. The van der Waals surface area contributed by atoms with Crippen molar-refractivity contribution in [3.05, 3.63) is 35.1 Å². The van der Waals surface area contributed by atoms with Crippen molar-refractivity contribution in [2.24, 2.45) is 5.73 Å². The first kappa shape index (κ1) is 14.6. The van der Waals surface area contributed by atoms with Gasteiger partial charge in [-0.15, -0.1) is 0 Å². The topological polar surface area (TPSA) is 43.1 Å². The third kappa shape index (κ3) is 4.02. The summed E-state index contributed by atoms with van der Waals surface area (Å²) in [5, 5.41) is 0. The molecule has 2 nitrogen and oxygen atoms in total. The van der Waals surface area contributed by atoms with E-state index in [0.717, 1.165) is 12.1 Å². The van der Waals surface area contributed by atoms with Gasteiger partial charge in [-0.3, -0.25) is 0 Å². The van der Waals surface area contributed by atoms with E-state index >= 15 is 0 Å². The molecule has 0 aromatic heterocycles. The summed E-state index contributed by atoms with van der Waals surface area (Å²) in [6.07, 6.45) is 0.441. The zero-order valence-corrected chi connectivity index (χ0v) is 9.14. The Morgan fingerprint density at radius 3 is 2.12 bits per heavy atom. The molecule has 0 saturated heterocycles. The van der Waals surface area contributed by atoms with Crippen molar-refractivity contribution < 1.29 is 19.4 Å². The standard InChI is InChI=1S/C9H8F3NO.C2H6.H2/c10-7-2-5(1-6(13)4-14)3-8(11)9(7)12;1-2;/h2-4,6H,1,13H2;1-2H3;1H/t6-;;/m0../s1. The van der Waals surface area contributed by atoms with Gasteiger partial charge in [0.05, 0.1) is 6.04 Å². The molecule has 0 spiro atoms. The summed E-state index contributed by atoms with van der Waals surface area (Å²) < 4.78 is 37.8. The van der Waals surface area contributed by atoms with Gasteiger partial charge in [0.1, 0.15) is 6.29 Å². The minimum absolute atomic E-state index is 0. The SMILES string of the molecule is CC.N[C@H](C=O)Cc1cc(F)c(F)c(F)c1.[HH]. The van der Waals surface area contributed by atoms with Gasteiger partial charge < -0.3 is 10.5 Å². The fourth-order valence-electron chi connectivity index (χ4n) is 1.05. The third-order valence-electron chi connectivity index (χ3n) is 1.69. The zero-order chi connectivity index (χ0) is 12.7. The molecule has 1 aromatic rings. The molecule has 1 aromatic carbocycles. The van der Waals surface area contributed by atoms with E-state index in [1.807, 2.05) is 13.8 Å². The van der Waals surface area contributed by atoms with Crippen LogP contribution in [-0.2, 0) is 11.2 Å². The van der Waals surface area contributed by atoms with Crippen molar-refractivity contribution in [2.75, 3.05) is 0 Å². The molecule has 0 amide bonds. The number of carbonyl (C=O) groups excluding carboxylic acids is 1. The summed E-state index contributed by atoms with van der Waals surface area (Å²) in [6.45, 7) is 4.00. The Hall–Kier alpha value is -1.36. The average molecular weight is 235 g/mol. The number of nitrogens with two attached hydrogens (primary N) is 1. The van der Waals surface area contributed by atoms with E-state index in [9.17, 15) is 18.0 Å². The van der Waals surface area contributed by atoms with Crippen LogP contribution in [0.5, 0.6) is 0 Å². The summed E-state index contributed by atoms with van der Waals surface area (Å²) in [4.78, 5) is 10.2. The first-order chi connectivity index (χ1) is 7.54. The maximum atomic E-state index is 12.7. The van der Waals surface area contributed by atoms with E-state index in [0.29, 0.717) is 6.29 Å². The Kier molecular flexibility index (Phi) is 6.41. The molecule has 1 atom stereocenters. The van der Waals surface area contributed by atoms with E-state index in [1.165, 1.54) is 0 Å². The summed E-state index contributed by atoms with van der Waals surface area (Å²) in [7, 11) is 0. The molecular weight excluding hydrogens is 219 g/mol. The van der Waals surface area contributed by atoms with Gasteiger partial charge in [0.15, 0.2) is 17.5 Å². The molecule has 0 radical (unpaired) electrons. The van der Waals surface area contributed by atoms with Crippen LogP contribution in [0.3, 0.4) is 0 Å². The van der Waals surface area contributed by atoms with E-state index in [4.69, 9.17) is 5.73 Å². The van der Waals surface area contributed by atoms with E-state index in [1.54, 1.807) is 0 Å². The van der Waals surface area contributed by atoms with Crippen molar-refractivity contribution in [2.45, 2.75) is 26.3 Å². The summed E-state index contributed by atoms with van der Waals surface area (Å²) in [6, 6.07) is 0.808. The van der Waals surface area contributed by atoms with Crippen molar-refractivity contribution in [3.63, 3.8) is 0 Å². The molecule has 92 valence electrons. The van der Waals surface area contributed by atoms with Crippen molar-refractivity contribution in [1.29, 1.82) is 0 Å². The van der Waals surface area contributed by atoms with Crippen molar-refractivity contribution >= 4 is 6.29 Å². The highest BCUT2D eigenvalue weighted by Gasteiger charge is 2.11. The van der Waals surface area contributed by atoms with Crippen LogP contribution in [0.1, 0.15) is 20.8 Å². The first-order valence-corrected chi connectivity index (χ1v) is 4.89. The number of hydrogen-bond acceptors (Lipinski definition) is 2. The van der Waals surface area contributed by atoms with Crippen molar-refractivity contribution in [1.82, 2.24) is 0 Å². The maximum Gasteiger partial charge on any atom is 0.194 e. The molecule has 16 heavy (non-hydrogen) atoms. The van der Waals surface area contributed by atoms with E-state index in [2.05, 4.69) is 0 Å². The van der Waals surface area contributed by atoms with Crippen LogP contribution in [0.2, 0.25) is 0 Å². The first-order valence-electron chi connectivity index (χ1n) is 4.89.